The molecule has 0 aliphatic carbocycles. The topological polar surface area (TPSA) is 75.7 Å². The number of hydrogen-bond acceptors (Lipinski definition) is 5. The van der Waals surface area contributed by atoms with Gasteiger partial charge in [-0.3, -0.25) is 4.79 Å². The molecular weight excluding hydrogens is 304 g/mol. The summed E-state index contributed by atoms with van der Waals surface area (Å²) < 4.78 is 27.9. The number of nitrogens with one attached hydrogen (secondary N) is 1. The van der Waals surface area contributed by atoms with Crippen molar-refractivity contribution in [3.63, 3.8) is 0 Å². The van der Waals surface area contributed by atoms with E-state index in [0.717, 1.165) is 17.6 Å². The molecule has 2 atom stereocenters. The van der Waals surface area contributed by atoms with Gasteiger partial charge in [-0.1, -0.05) is 12.1 Å². The zero-order valence-corrected chi connectivity index (χ0v) is 14.5. The van der Waals surface area contributed by atoms with Crippen LogP contribution >= 0.6 is 0 Å². The summed E-state index contributed by atoms with van der Waals surface area (Å²) in [4.78, 5) is 13.9. The van der Waals surface area contributed by atoms with Crippen LogP contribution < -0.4 is 10.1 Å². The van der Waals surface area contributed by atoms with E-state index in [1.165, 1.54) is 6.92 Å². The highest BCUT2D eigenvalue weighted by molar-refractivity contribution is 7.92. The minimum Gasteiger partial charge on any atom is -0.497 e. The van der Waals surface area contributed by atoms with Gasteiger partial charge in [-0.25, -0.2) is 8.42 Å². The number of amides is 1. The zero-order chi connectivity index (χ0) is 16.9. The van der Waals surface area contributed by atoms with Crippen LogP contribution in [0, 0.1) is 0 Å². The fourth-order valence-corrected chi connectivity index (χ4v) is 2.43. The van der Waals surface area contributed by atoms with E-state index < -0.39 is 21.0 Å². The second kappa shape index (κ2) is 7.60. The Morgan fingerprint density at radius 1 is 1.27 bits per heavy atom. The molecular formula is C15H24N2O4S. The van der Waals surface area contributed by atoms with Crippen molar-refractivity contribution < 1.29 is 17.9 Å². The molecule has 6 nitrogen and oxygen atoms in total. The minimum atomic E-state index is -3.39. The molecule has 0 spiro atoms. The normalized spacial score (nSPS) is 14.5. The van der Waals surface area contributed by atoms with Gasteiger partial charge in [-0.05, 0) is 38.7 Å². The third kappa shape index (κ3) is 4.99. The number of nitrogens with zero attached hydrogens (tertiary/aromatic N) is 1. The fraction of sp³-hybridized carbons (Fsp3) is 0.533. The summed E-state index contributed by atoms with van der Waals surface area (Å²) >= 11 is 0. The molecule has 0 aromatic heterocycles. The summed E-state index contributed by atoms with van der Waals surface area (Å²) in [5, 5.41) is 1.66. The van der Waals surface area contributed by atoms with Crippen LogP contribution in [0.5, 0.6) is 5.75 Å². The molecule has 7 heteroatoms. The van der Waals surface area contributed by atoms with Gasteiger partial charge in [0.15, 0.2) is 9.84 Å². The molecule has 0 saturated heterocycles. The predicted molar refractivity (Wildman–Crippen MR) is 86.7 cm³/mol. The van der Waals surface area contributed by atoms with Crippen LogP contribution in [0.3, 0.4) is 0 Å². The van der Waals surface area contributed by atoms with Crippen LogP contribution in [-0.2, 0) is 14.6 Å². The van der Waals surface area contributed by atoms with E-state index in [-0.39, 0.29) is 6.04 Å². The molecule has 0 heterocycles. The Morgan fingerprint density at radius 2 is 1.82 bits per heavy atom. The van der Waals surface area contributed by atoms with Crippen LogP contribution in [0.2, 0.25) is 0 Å². The summed E-state index contributed by atoms with van der Waals surface area (Å²) in [7, 11) is 2.02. The Hall–Kier alpha value is -1.60. The lowest BCUT2D eigenvalue weighted by Crippen LogP contribution is -2.41. The maximum absolute atomic E-state index is 11.9. The number of sulfone groups is 1. The Labute approximate surface area is 132 Å². The van der Waals surface area contributed by atoms with Crippen LogP contribution in [-0.4, -0.2) is 58.5 Å². The van der Waals surface area contributed by atoms with Gasteiger partial charge < -0.3 is 15.0 Å². The summed E-state index contributed by atoms with van der Waals surface area (Å²) in [5.41, 5.74) is 1.01. The Balaban J connectivity index is 2.79. The molecule has 0 unspecified atom stereocenters. The van der Waals surface area contributed by atoms with Gasteiger partial charge >= 0.3 is 0 Å². The highest BCUT2D eigenvalue weighted by atomic mass is 32.2. The SMILES string of the molecule is COc1ccc([C@H](CNC(=O)[C@H](C)S(C)(=O)=O)N(C)C)cc1. The first-order valence-electron chi connectivity index (χ1n) is 6.93. The Bertz CT molecular complexity index is 596. The van der Waals surface area contributed by atoms with E-state index in [0.29, 0.717) is 6.54 Å². The van der Waals surface area contributed by atoms with E-state index >= 15 is 0 Å². The average Bonchev–Trinajstić information content (AvgIpc) is 2.45. The monoisotopic (exact) mass is 328 g/mol. The highest BCUT2D eigenvalue weighted by Crippen LogP contribution is 2.20. The van der Waals surface area contributed by atoms with Crippen LogP contribution in [0.15, 0.2) is 24.3 Å². The largest absolute Gasteiger partial charge is 0.497 e. The average molecular weight is 328 g/mol. The van der Waals surface area contributed by atoms with Crippen molar-refractivity contribution in [3.05, 3.63) is 29.8 Å². The van der Waals surface area contributed by atoms with Crippen molar-refractivity contribution in [2.45, 2.75) is 18.2 Å². The summed E-state index contributed by atoms with van der Waals surface area (Å²) in [6, 6.07) is 7.51. The van der Waals surface area contributed by atoms with Gasteiger partial charge in [0.05, 0.1) is 13.2 Å². The predicted octanol–water partition coefficient (Wildman–Crippen LogP) is 0.847. The van der Waals surface area contributed by atoms with Crippen molar-refractivity contribution in [2.75, 3.05) is 34.0 Å². The molecule has 1 amide bonds. The summed E-state index contributed by atoms with van der Waals surface area (Å²) in [6.07, 6.45) is 1.06. The number of ether oxygens (including phenoxy) is 1. The standard InChI is InChI=1S/C15H24N2O4S/c1-11(22(5,19)20)15(18)16-10-14(17(2)3)12-6-8-13(21-4)9-7-12/h6-9,11,14H,10H2,1-5H3,(H,16,18)/t11-,14-/m0/s1. The highest BCUT2D eigenvalue weighted by Gasteiger charge is 2.24. The molecule has 1 rings (SSSR count). The fourth-order valence-electron chi connectivity index (χ4n) is 1.96. The lowest BCUT2D eigenvalue weighted by atomic mass is 10.1. The first kappa shape index (κ1) is 18.4. The minimum absolute atomic E-state index is 0.0541. The second-order valence-corrected chi connectivity index (χ2v) is 7.84. The number of likely N-dealkylation sites (N-methyl/N-ethyl adjacent to an activating group) is 1. The van der Waals surface area contributed by atoms with Crippen LogP contribution in [0.1, 0.15) is 18.5 Å². The number of hydrogen-bond donors (Lipinski definition) is 1. The number of carbonyl (C=O) groups is 1. The molecule has 0 radical (unpaired) electrons. The number of carbonyl (C=O) groups excluding carboxylic acids is 1. The number of rotatable bonds is 7. The van der Waals surface area contributed by atoms with Gasteiger partial charge in [0, 0.05) is 12.8 Å². The lowest BCUT2D eigenvalue weighted by Gasteiger charge is -2.25. The molecule has 0 aliphatic heterocycles. The number of methoxy groups -OCH3 is 1. The van der Waals surface area contributed by atoms with Crippen molar-refractivity contribution in [3.8, 4) is 5.75 Å². The first-order valence-corrected chi connectivity index (χ1v) is 8.89. The molecule has 0 fully saturated rings. The van der Waals surface area contributed by atoms with Crippen molar-refractivity contribution in [1.29, 1.82) is 0 Å². The van der Waals surface area contributed by atoms with Gasteiger partial charge in [-0.15, -0.1) is 0 Å². The quantitative estimate of drug-likeness (QED) is 0.803. The Morgan fingerprint density at radius 3 is 2.23 bits per heavy atom. The summed E-state index contributed by atoms with van der Waals surface area (Å²) in [6.45, 7) is 1.72. The molecule has 0 saturated carbocycles. The molecule has 1 N–H and O–H groups in total. The molecule has 0 bridgehead atoms. The van der Waals surface area contributed by atoms with Gasteiger partial charge in [0.2, 0.25) is 5.91 Å². The van der Waals surface area contributed by atoms with E-state index in [1.54, 1.807) is 7.11 Å². The van der Waals surface area contributed by atoms with Gasteiger partial charge in [-0.2, -0.15) is 0 Å². The second-order valence-electron chi connectivity index (χ2n) is 5.47. The molecule has 22 heavy (non-hydrogen) atoms. The zero-order valence-electron chi connectivity index (χ0n) is 13.7. The molecule has 0 aliphatic rings. The summed E-state index contributed by atoms with van der Waals surface area (Å²) in [5.74, 6) is 0.277. The van der Waals surface area contributed by atoms with E-state index in [4.69, 9.17) is 4.74 Å². The van der Waals surface area contributed by atoms with Crippen LogP contribution in [0.4, 0.5) is 0 Å². The number of benzene rings is 1. The Kier molecular flexibility index (Phi) is 6.37. The van der Waals surface area contributed by atoms with Crippen molar-refractivity contribution in [2.24, 2.45) is 0 Å². The third-order valence-corrected chi connectivity index (χ3v) is 5.10. The van der Waals surface area contributed by atoms with Crippen molar-refractivity contribution >= 4 is 15.7 Å². The maximum Gasteiger partial charge on any atom is 0.238 e. The first-order chi connectivity index (χ1) is 10.2. The van der Waals surface area contributed by atoms with E-state index in [2.05, 4.69) is 5.32 Å². The third-order valence-electron chi connectivity index (χ3n) is 3.61. The lowest BCUT2D eigenvalue weighted by molar-refractivity contribution is -0.120. The van der Waals surface area contributed by atoms with Gasteiger partial charge in [0.25, 0.3) is 0 Å². The van der Waals surface area contributed by atoms with Crippen LogP contribution in [0.25, 0.3) is 0 Å². The smallest absolute Gasteiger partial charge is 0.238 e. The van der Waals surface area contributed by atoms with Gasteiger partial charge in [0.1, 0.15) is 11.0 Å². The van der Waals surface area contributed by atoms with E-state index in [1.807, 2.05) is 43.3 Å². The maximum atomic E-state index is 11.9. The molecule has 1 aromatic rings. The van der Waals surface area contributed by atoms with E-state index in [9.17, 15) is 13.2 Å². The molecule has 1 aromatic carbocycles. The molecule has 124 valence electrons. The van der Waals surface area contributed by atoms with Crippen molar-refractivity contribution in [1.82, 2.24) is 10.2 Å².